The first-order chi connectivity index (χ1) is 16.0. The van der Waals surface area contributed by atoms with E-state index in [2.05, 4.69) is 37.2 Å². The summed E-state index contributed by atoms with van der Waals surface area (Å²) in [6.07, 6.45) is 4.43. The van der Waals surface area contributed by atoms with Gasteiger partial charge in [-0.3, -0.25) is 23.7 Å². The maximum atomic E-state index is 13.5. The summed E-state index contributed by atoms with van der Waals surface area (Å²) in [6.45, 7) is 1.56. The molecule has 0 amide bonds. The van der Waals surface area contributed by atoms with Crippen LogP contribution in [-0.2, 0) is 20.1 Å². The Morgan fingerprint density at radius 3 is 2.09 bits per heavy atom. The molecule has 0 bridgehead atoms. The molecule has 12 heteroatoms. The number of nitrogens with zero attached hydrogens (tertiary/aromatic N) is 7. The van der Waals surface area contributed by atoms with E-state index in [1.807, 2.05) is 30.3 Å². The minimum absolute atomic E-state index is 0. The average Bonchev–Trinajstić information content (AvgIpc) is 3.31. The van der Waals surface area contributed by atoms with Crippen LogP contribution in [0.2, 0.25) is 0 Å². The zero-order valence-corrected chi connectivity index (χ0v) is 19.3. The first-order valence-corrected chi connectivity index (χ1v) is 9.28. The normalized spacial score (nSPS) is 12.1. The molecule has 172 valence electrons. The SMILES string of the molecule is Fc1c[c-]c(-c2ncccn2)c(F)n1.Fc1c[c-]c(N2[CH-]N(c3ccccc3)C=N2)c(F)n1.[Ir+3]. The van der Waals surface area contributed by atoms with Crippen molar-refractivity contribution in [3.8, 4) is 11.4 Å². The molecule has 0 aliphatic carbocycles. The van der Waals surface area contributed by atoms with Crippen molar-refractivity contribution in [3.05, 3.63) is 104 Å². The van der Waals surface area contributed by atoms with Crippen molar-refractivity contribution in [1.82, 2.24) is 19.9 Å². The second-order valence-corrected chi connectivity index (χ2v) is 6.26. The Balaban J connectivity index is 0.000000193. The van der Waals surface area contributed by atoms with Crippen molar-refractivity contribution in [2.45, 2.75) is 0 Å². The zero-order valence-electron chi connectivity index (χ0n) is 16.9. The van der Waals surface area contributed by atoms with Gasteiger partial charge >= 0.3 is 20.1 Å². The van der Waals surface area contributed by atoms with Crippen LogP contribution in [-0.4, -0.2) is 26.3 Å². The second kappa shape index (κ2) is 11.4. The Morgan fingerprint density at radius 1 is 0.794 bits per heavy atom. The molecule has 7 nitrogen and oxygen atoms in total. The molecular weight excluding hydrogens is 631 g/mol. The molecule has 0 saturated carbocycles. The van der Waals surface area contributed by atoms with E-state index in [0.717, 1.165) is 17.8 Å². The van der Waals surface area contributed by atoms with Crippen LogP contribution in [0.4, 0.5) is 28.9 Å². The quantitative estimate of drug-likeness (QED) is 0.190. The molecule has 0 radical (unpaired) electrons. The van der Waals surface area contributed by atoms with Crippen LogP contribution in [0.15, 0.2) is 66.0 Å². The molecule has 0 atom stereocenters. The van der Waals surface area contributed by atoms with E-state index >= 15 is 0 Å². The zero-order chi connectivity index (χ0) is 23.2. The van der Waals surface area contributed by atoms with Gasteiger partial charge in [0.1, 0.15) is 17.8 Å². The van der Waals surface area contributed by atoms with E-state index in [9.17, 15) is 17.6 Å². The number of hydrazone groups is 1. The van der Waals surface area contributed by atoms with E-state index in [-0.39, 0.29) is 37.2 Å². The van der Waals surface area contributed by atoms with E-state index in [0.29, 0.717) is 0 Å². The summed E-state index contributed by atoms with van der Waals surface area (Å²) in [6, 6.07) is 17.8. The van der Waals surface area contributed by atoms with Gasteiger partial charge in [0.15, 0.2) is 0 Å². The van der Waals surface area contributed by atoms with Crippen molar-refractivity contribution in [1.29, 1.82) is 0 Å². The summed E-state index contributed by atoms with van der Waals surface area (Å²) in [5.74, 6) is -3.61. The fourth-order valence-corrected chi connectivity index (χ4v) is 2.62. The number of para-hydroxylation sites is 1. The van der Waals surface area contributed by atoms with Crippen molar-refractivity contribution < 1.29 is 37.7 Å². The molecule has 34 heavy (non-hydrogen) atoms. The summed E-state index contributed by atoms with van der Waals surface area (Å²) in [7, 11) is 0. The van der Waals surface area contributed by atoms with Crippen LogP contribution in [0.1, 0.15) is 0 Å². The minimum atomic E-state index is -0.962. The molecule has 1 aliphatic rings. The van der Waals surface area contributed by atoms with Gasteiger partial charge in [-0.15, -0.1) is 18.8 Å². The summed E-state index contributed by atoms with van der Waals surface area (Å²) < 4.78 is 51.7. The van der Waals surface area contributed by atoms with Gasteiger partial charge in [-0.05, 0) is 23.9 Å². The maximum Gasteiger partial charge on any atom is 3.00 e. The number of halogens is 4. The predicted molar refractivity (Wildman–Crippen MR) is 111 cm³/mol. The third-order valence-electron chi connectivity index (χ3n) is 4.08. The Morgan fingerprint density at radius 2 is 1.44 bits per heavy atom. The van der Waals surface area contributed by atoms with Gasteiger partial charge < -0.3 is 14.9 Å². The number of rotatable bonds is 3. The largest absolute Gasteiger partial charge is 3.00 e. The number of anilines is 2. The van der Waals surface area contributed by atoms with Gasteiger partial charge in [-0.1, -0.05) is 29.8 Å². The van der Waals surface area contributed by atoms with Gasteiger partial charge in [-0.2, -0.15) is 11.2 Å². The van der Waals surface area contributed by atoms with E-state index in [1.165, 1.54) is 23.7 Å². The topological polar surface area (TPSA) is 70.4 Å². The Hall–Kier alpha value is -3.76. The van der Waals surface area contributed by atoms with E-state index in [4.69, 9.17) is 0 Å². The molecular formula is C22H12F4IrN7. The van der Waals surface area contributed by atoms with Crippen LogP contribution in [0, 0.1) is 42.6 Å². The van der Waals surface area contributed by atoms with Crippen LogP contribution < -0.4 is 9.91 Å². The van der Waals surface area contributed by atoms with Crippen LogP contribution in [0.3, 0.4) is 0 Å². The number of hydrogen-bond acceptors (Lipinski definition) is 7. The molecule has 0 N–H and O–H groups in total. The number of benzene rings is 1. The molecule has 1 aliphatic heterocycles. The summed E-state index contributed by atoms with van der Waals surface area (Å²) in [4.78, 5) is 15.4. The molecule has 0 unspecified atom stereocenters. The third kappa shape index (κ3) is 5.97. The smallest absolute Gasteiger partial charge is 0.463 e. The van der Waals surface area contributed by atoms with Crippen LogP contribution in [0.25, 0.3) is 11.4 Å². The van der Waals surface area contributed by atoms with Gasteiger partial charge in [0.25, 0.3) is 0 Å². The summed E-state index contributed by atoms with van der Waals surface area (Å²) >= 11 is 0. The molecule has 4 heterocycles. The Bertz CT molecular complexity index is 1260. The predicted octanol–water partition coefficient (Wildman–Crippen LogP) is 4.16. The van der Waals surface area contributed by atoms with Crippen molar-refractivity contribution in [2.75, 3.05) is 9.91 Å². The Kier molecular flexibility index (Phi) is 8.33. The second-order valence-electron chi connectivity index (χ2n) is 6.26. The molecule has 3 aromatic heterocycles. The number of aromatic nitrogens is 4. The summed E-state index contributed by atoms with van der Waals surface area (Å²) in [5.41, 5.74) is 0.812. The van der Waals surface area contributed by atoms with Crippen molar-refractivity contribution in [3.63, 3.8) is 0 Å². The molecule has 0 saturated heterocycles. The molecule has 5 rings (SSSR count). The Labute approximate surface area is 205 Å². The number of hydrogen-bond donors (Lipinski definition) is 0. The summed E-state index contributed by atoms with van der Waals surface area (Å²) in [5, 5.41) is 5.24. The van der Waals surface area contributed by atoms with Crippen molar-refractivity contribution >= 4 is 17.7 Å². The molecule has 4 aromatic rings. The first kappa shape index (κ1) is 24.9. The van der Waals surface area contributed by atoms with Crippen LogP contribution >= 0.6 is 0 Å². The van der Waals surface area contributed by atoms with Gasteiger partial charge in [-0.25, -0.2) is 8.78 Å². The van der Waals surface area contributed by atoms with Gasteiger partial charge in [0.05, 0.1) is 18.1 Å². The van der Waals surface area contributed by atoms with E-state index < -0.39 is 23.8 Å². The fourth-order valence-electron chi connectivity index (χ4n) is 2.62. The first-order valence-electron chi connectivity index (χ1n) is 9.28. The molecule has 0 spiro atoms. The molecule has 0 fully saturated rings. The van der Waals surface area contributed by atoms with Gasteiger partial charge in [0, 0.05) is 18.1 Å². The minimum Gasteiger partial charge on any atom is -0.463 e. The van der Waals surface area contributed by atoms with E-state index in [1.54, 1.807) is 17.6 Å². The van der Waals surface area contributed by atoms with Crippen molar-refractivity contribution in [2.24, 2.45) is 5.10 Å². The molecule has 1 aromatic carbocycles. The maximum absolute atomic E-state index is 13.5. The number of pyridine rings is 2. The standard InChI is InChI=1S/C13H8F2N4.C9H4F2N3.Ir/c14-12-7-6-11(13(15)17-12)19-9-18(8-16-19)10-4-2-1-3-5-10;10-7-3-2-6(8(11)14-7)9-12-4-1-5-13-9;/h1-5,7-9H;1,3-5H;/q-2;-1;+3. The average molecular weight is 643 g/mol. The fraction of sp³-hybridized carbons (Fsp3) is 0. The monoisotopic (exact) mass is 643 g/mol. The third-order valence-corrected chi connectivity index (χ3v) is 4.08. The van der Waals surface area contributed by atoms with Crippen LogP contribution in [0.5, 0.6) is 0 Å². The van der Waals surface area contributed by atoms with Gasteiger partial charge in [0.2, 0.25) is 0 Å².